The van der Waals surface area contributed by atoms with E-state index in [0.717, 1.165) is 11.3 Å². The summed E-state index contributed by atoms with van der Waals surface area (Å²) in [6, 6.07) is 12.7. The van der Waals surface area contributed by atoms with Gasteiger partial charge in [-0.1, -0.05) is 18.2 Å². The number of pyridine rings is 1. The zero-order valence-electron chi connectivity index (χ0n) is 15.2. The first kappa shape index (κ1) is 19.9. The van der Waals surface area contributed by atoms with Crippen LogP contribution in [0.4, 0.5) is 13.2 Å². The fourth-order valence-corrected chi connectivity index (χ4v) is 3.03. The van der Waals surface area contributed by atoms with Crippen LogP contribution in [0.3, 0.4) is 0 Å². The van der Waals surface area contributed by atoms with Gasteiger partial charge in [-0.15, -0.1) is 0 Å². The van der Waals surface area contributed by atoms with Gasteiger partial charge in [0.2, 0.25) is 5.91 Å². The van der Waals surface area contributed by atoms with Crippen molar-refractivity contribution in [3.63, 3.8) is 0 Å². The molecule has 0 aliphatic carbocycles. The highest BCUT2D eigenvalue weighted by Gasteiger charge is 2.42. The monoisotopic (exact) mass is 390 g/mol. The number of nitrogens with zero attached hydrogens (tertiary/aromatic N) is 2. The van der Waals surface area contributed by atoms with Gasteiger partial charge in [0.1, 0.15) is 12.4 Å². The van der Waals surface area contributed by atoms with E-state index in [9.17, 15) is 18.0 Å². The molecule has 3 rings (SSSR count). The molecule has 0 saturated carbocycles. The molecule has 7 heteroatoms. The first-order valence-electron chi connectivity index (χ1n) is 9.08. The predicted molar refractivity (Wildman–Crippen MR) is 99.4 cm³/mol. The van der Waals surface area contributed by atoms with Crippen molar-refractivity contribution in [2.75, 3.05) is 13.1 Å². The zero-order valence-corrected chi connectivity index (χ0v) is 15.2. The minimum absolute atomic E-state index is 0.0803. The van der Waals surface area contributed by atoms with E-state index in [1.54, 1.807) is 36.5 Å². The van der Waals surface area contributed by atoms with Crippen molar-refractivity contribution in [1.29, 1.82) is 0 Å². The predicted octanol–water partition coefficient (Wildman–Crippen LogP) is 4.47. The molecule has 2 heterocycles. The number of hydrogen-bond donors (Lipinski definition) is 0. The molecular weight excluding hydrogens is 369 g/mol. The van der Waals surface area contributed by atoms with E-state index in [-0.39, 0.29) is 13.0 Å². The lowest BCUT2D eigenvalue weighted by Crippen LogP contribution is -2.44. The first-order chi connectivity index (χ1) is 13.4. The standard InChI is InChI=1S/C21H21F3N2O2/c22-21(23,24)17-4-3-13-26(14-17)20(27)11-8-16-6-9-19(10-7-16)28-15-18-5-1-2-12-25-18/h1-2,5-12,17H,3-4,13-15H2. The number of likely N-dealkylation sites (tertiary alicyclic amines) is 1. The third-order valence-corrected chi connectivity index (χ3v) is 4.61. The molecule has 0 bridgehead atoms. The Labute approximate surface area is 161 Å². The molecule has 1 aromatic carbocycles. The summed E-state index contributed by atoms with van der Waals surface area (Å²) in [4.78, 5) is 17.7. The molecule has 1 aliphatic rings. The van der Waals surface area contributed by atoms with E-state index in [1.165, 1.54) is 11.0 Å². The highest BCUT2D eigenvalue weighted by atomic mass is 19.4. The molecule has 1 unspecified atom stereocenters. The molecule has 28 heavy (non-hydrogen) atoms. The van der Waals surface area contributed by atoms with Crippen LogP contribution in [0.1, 0.15) is 24.1 Å². The number of rotatable bonds is 5. The molecule has 2 aromatic rings. The second-order valence-electron chi connectivity index (χ2n) is 6.68. The Morgan fingerprint density at radius 2 is 2.00 bits per heavy atom. The van der Waals surface area contributed by atoms with E-state index < -0.39 is 18.0 Å². The number of hydrogen-bond acceptors (Lipinski definition) is 3. The fraction of sp³-hybridized carbons (Fsp3) is 0.333. The number of carbonyl (C=O) groups is 1. The van der Waals surface area contributed by atoms with E-state index in [4.69, 9.17) is 4.74 Å². The molecule has 1 fully saturated rings. The zero-order chi connectivity index (χ0) is 20.0. The number of ether oxygens (including phenoxy) is 1. The smallest absolute Gasteiger partial charge is 0.393 e. The topological polar surface area (TPSA) is 42.4 Å². The summed E-state index contributed by atoms with van der Waals surface area (Å²) in [5.41, 5.74) is 1.58. The van der Waals surface area contributed by atoms with Crippen molar-refractivity contribution in [1.82, 2.24) is 9.88 Å². The van der Waals surface area contributed by atoms with Crippen molar-refractivity contribution in [2.45, 2.75) is 25.6 Å². The lowest BCUT2D eigenvalue weighted by Gasteiger charge is -2.33. The fourth-order valence-electron chi connectivity index (χ4n) is 3.03. The van der Waals surface area contributed by atoms with Crippen molar-refractivity contribution in [3.8, 4) is 5.75 Å². The van der Waals surface area contributed by atoms with Crippen LogP contribution in [0, 0.1) is 5.92 Å². The van der Waals surface area contributed by atoms with Crippen LogP contribution in [-0.4, -0.2) is 35.1 Å². The maximum Gasteiger partial charge on any atom is 0.393 e. The van der Waals surface area contributed by atoms with Crippen LogP contribution in [0.2, 0.25) is 0 Å². The number of amides is 1. The summed E-state index contributed by atoms with van der Waals surface area (Å²) in [7, 11) is 0. The van der Waals surface area contributed by atoms with Crippen LogP contribution < -0.4 is 4.74 Å². The highest BCUT2D eigenvalue weighted by Crippen LogP contribution is 2.33. The van der Waals surface area contributed by atoms with Crippen LogP contribution in [0.15, 0.2) is 54.7 Å². The van der Waals surface area contributed by atoms with Gasteiger partial charge < -0.3 is 9.64 Å². The molecule has 0 radical (unpaired) electrons. The van der Waals surface area contributed by atoms with E-state index in [1.807, 2.05) is 18.2 Å². The Kier molecular flexibility index (Phi) is 6.34. The maximum atomic E-state index is 12.9. The second-order valence-corrected chi connectivity index (χ2v) is 6.68. The molecule has 0 spiro atoms. The largest absolute Gasteiger partial charge is 0.487 e. The Morgan fingerprint density at radius 1 is 1.21 bits per heavy atom. The quantitative estimate of drug-likeness (QED) is 0.708. The average Bonchev–Trinajstić information content (AvgIpc) is 2.71. The van der Waals surface area contributed by atoms with E-state index in [2.05, 4.69) is 4.98 Å². The van der Waals surface area contributed by atoms with Crippen LogP contribution in [0.25, 0.3) is 6.08 Å². The van der Waals surface area contributed by atoms with Crippen LogP contribution >= 0.6 is 0 Å². The number of aromatic nitrogens is 1. The Hall–Kier alpha value is -2.83. The van der Waals surface area contributed by atoms with Crippen molar-refractivity contribution in [2.24, 2.45) is 5.92 Å². The summed E-state index contributed by atoms with van der Waals surface area (Å²) < 4.78 is 44.2. The lowest BCUT2D eigenvalue weighted by atomic mass is 9.97. The van der Waals surface area contributed by atoms with Crippen molar-refractivity contribution < 1.29 is 22.7 Å². The van der Waals surface area contributed by atoms with Gasteiger partial charge in [0.25, 0.3) is 0 Å². The van der Waals surface area contributed by atoms with Gasteiger partial charge in [0, 0.05) is 25.4 Å². The molecule has 1 atom stereocenters. The first-order valence-corrected chi connectivity index (χ1v) is 9.08. The Bertz CT molecular complexity index is 805. The summed E-state index contributed by atoms with van der Waals surface area (Å²) in [5.74, 6) is -1.17. The summed E-state index contributed by atoms with van der Waals surface area (Å²) in [6.45, 7) is 0.437. The molecule has 0 N–H and O–H groups in total. The van der Waals surface area contributed by atoms with Gasteiger partial charge >= 0.3 is 6.18 Å². The SMILES string of the molecule is O=C(C=Cc1ccc(OCc2ccccn2)cc1)N1CCCC(C(F)(F)F)C1. The van der Waals surface area contributed by atoms with Crippen LogP contribution in [-0.2, 0) is 11.4 Å². The summed E-state index contributed by atoms with van der Waals surface area (Å²) >= 11 is 0. The number of alkyl halides is 3. The van der Waals surface area contributed by atoms with Gasteiger partial charge in [-0.05, 0) is 48.7 Å². The van der Waals surface area contributed by atoms with Gasteiger partial charge in [0.05, 0.1) is 11.6 Å². The number of carbonyl (C=O) groups excluding carboxylic acids is 1. The Balaban J connectivity index is 1.53. The number of piperidine rings is 1. The molecule has 4 nitrogen and oxygen atoms in total. The van der Waals surface area contributed by atoms with Gasteiger partial charge in [-0.3, -0.25) is 9.78 Å². The maximum absolute atomic E-state index is 12.9. The third kappa shape index (κ3) is 5.58. The highest BCUT2D eigenvalue weighted by molar-refractivity contribution is 5.91. The molecular formula is C21H21F3N2O2. The minimum atomic E-state index is -4.26. The molecule has 1 aliphatic heterocycles. The van der Waals surface area contributed by atoms with Crippen molar-refractivity contribution in [3.05, 3.63) is 66.0 Å². The van der Waals surface area contributed by atoms with E-state index >= 15 is 0 Å². The van der Waals surface area contributed by atoms with Crippen molar-refractivity contribution >= 4 is 12.0 Å². The van der Waals surface area contributed by atoms with Gasteiger partial charge in [0.15, 0.2) is 0 Å². The summed E-state index contributed by atoms with van der Waals surface area (Å²) in [6.07, 6.45) is 0.810. The molecule has 1 saturated heterocycles. The van der Waals surface area contributed by atoms with Crippen LogP contribution in [0.5, 0.6) is 5.75 Å². The van der Waals surface area contributed by atoms with E-state index in [0.29, 0.717) is 25.3 Å². The average molecular weight is 390 g/mol. The van der Waals surface area contributed by atoms with Gasteiger partial charge in [-0.2, -0.15) is 13.2 Å². The van der Waals surface area contributed by atoms with Gasteiger partial charge in [-0.25, -0.2) is 0 Å². The lowest BCUT2D eigenvalue weighted by molar-refractivity contribution is -0.187. The normalized spacial score (nSPS) is 17.7. The number of halogens is 3. The molecule has 1 amide bonds. The minimum Gasteiger partial charge on any atom is -0.487 e. The Morgan fingerprint density at radius 3 is 2.68 bits per heavy atom. The molecule has 1 aromatic heterocycles. The summed E-state index contributed by atoms with van der Waals surface area (Å²) in [5, 5.41) is 0. The molecule has 148 valence electrons. The third-order valence-electron chi connectivity index (χ3n) is 4.61. The second kappa shape index (κ2) is 8.91. The number of benzene rings is 1.